The van der Waals surface area contributed by atoms with Gasteiger partial charge in [-0.05, 0) is 87.7 Å². The van der Waals surface area contributed by atoms with Crippen LogP contribution in [0, 0.1) is 3.57 Å². The minimum Gasteiger partial charge on any atom is -0.488 e. The molecule has 0 bridgehead atoms. The van der Waals surface area contributed by atoms with Crippen LogP contribution in [0.4, 0.5) is 0 Å². The fourth-order valence-electron chi connectivity index (χ4n) is 3.61. The van der Waals surface area contributed by atoms with E-state index in [1.807, 2.05) is 0 Å². The van der Waals surface area contributed by atoms with E-state index >= 15 is 0 Å². The molecule has 0 spiro atoms. The first-order valence-corrected chi connectivity index (χ1v) is 10.2. The fourth-order valence-corrected chi connectivity index (χ4v) is 4.28. The molecule has 0 heterocycles. The number of methoxy groups -OCH3 is 1. The Morgan fingerprint density at radius 2 is 1.93 bits per heavy atom. The third-order valence-electron chi connectivity index (χ3n) is 5.25. The van der Waals surface area contributed by atoms with Crippen molar-refractivity contribution < 1.29 is 14.3 Å². The van der Waals surface area contributed by atoms with Crippen LogP contribution in [0.1, 0.15) is 53.7 Å². The molecule has 0 unspecified atom stereocenters. The number of benzene rings is 2. The number of hydrogen-bond acceptors (Lipinski definition) is 3. The van der Waals surface area contributed by atoms with Gasteiger partial charge in [0.25, 0.3) is 0 Å². The maximum absolute atomic E-state index is 11.6. The molecule has 0 fully saturated rings. The maximum atomic E-state index is 11.6. The van der Waals surface area contributed by atoms with Gasteiger partial charge in [0.05, 0.1) is 16.2 Å². The summed E-state index contributed by atoms with van der Waals surface area (Å²) < 4.78 is 11.6. The number of carbonyl (C=O) groups is 1. The summed E-state index contributed by atoms with van der Waals surface area (Å²) in [5.74, 6) is 0.392. The van der Waals surface area contributed by atoms with Crippen molar-refractivity contribution in [3.05, 3.63) is 68.8 Å². The molecule has 3 nitrogen and oxygen atoms in total. The van der Waals surface area contributed by atoms with E-state index in [4.69, 9.17) is 9.47 Å². The van der Waals surface area contributed by atoms with Gasteiger partial charge >= 0.3 is 5.97 Å². The molecule has 1 aliphatic rings. The quantitative estimate of drug-likeness (QED) is 0.405. The number of hydrogen-bond donors (Lipinski definition) is 0. The average Bonchev–Trinajstić information content (AvgIpc) is 2.65. The molecule has 3 rings (SSSR count). The smallest absolute Gasteiger partial charge is 0.337 e. The second kappa shape index (κ2) is 8.05. The van der Waals surface area contributed by atoms with Crippen LogP contribution in [0.5, 0.6) is 5.75 Å². The summed E-state index contributed by atoms with van der Waals surface area (Å²) in [5, 5.41) is 0. The topological polar surface area (TPSA) is 35.5 Å². The first kappa shape index (κ1) is 19.9. The molecule has 0 aliphatic heterocycles. The molecule has 0 aromatic heterocycles. The van der Waals surface area contributed by atoms with Crippen molar-refractivity contribution in [2.45, 2.75) is 38.5 Å². The lowest BCUT2D eigenvalue weighted by atomic mass is 9.72. The summed E-state index contributed by atoms with van der Waals surface area (Å²) in [6.45, 7) is 9.27. The number of esters is 1. The van der Waals surface area contributed by atoms with Gasteiger partial charge in [0.2, 0.25) is 0 Å². The number of aryl methyl sites for hydroxylation is 1. The Balaban J connectivity index is 1.72. The number of rotatable bonds is 5. The first-order chi connectivity index (χ1) is 12.8. The Morgan fingerprint density at radius 1 is 1.19 bits per heavy atom. The van der Waals surface area contributed by atoms with Gasteiger partial charge in [0.1, 0.15) is 12.4 Å². The minimum atomic E-state index is -0.347. The molecule has 0 saturated carbocycles. The van der Waals surface area contributed by atoms with Gasteiger partial charge in [-0.3, -0.25) is 0 Å². The van der Waals surface area contributed by atoms with E-state index < -0.39 is 0 Å². The predicted octanol–water partition coefficient (Wildman–Crippen LogP) is 5.78. The lowest BCUT2D eigenvalue weighted by Gasteiger charge is -2.33. The lowest BCUT2D eigenvalue weighted by molar-refractivity contribution is 0.0600. The molecule has 0 N–H and O–H groups in total. The standard InChI is InChI=1S/C23H25IO3/c1-15(14-27-21-10-9-18(13-20(21)24)22(25)26-4)17-8-7-16-6-5-11-23(2,3)19(16)12-17/h7-10,12-13H,1,5-6,11,14H2,2-4H3. The SMILES string of the molecule is C=C(COc1ccc(C(=O)OC)cc1I)c1ccc2c(c1)C(C)(C)CCC2. The normalized spacial score (nSPS) is 15.0. The third kappa shape index (κ3) is 4.37. The third-order valence-corrected chi connectivity index (χ3v) is 6.09. The number of carbonyl (C=O) groups excluding carboxylic acids is 1. The van der Waals surface area contributed by atoms with E-state index in [1.54, 1.807) is 18.2 Å². The highest BCUT2D eigenvalue weighted by Crippen LogP contribution is 2.38. The van der Waals surface area contributed by atoms with Crippen LogP contribution in [0.2, 0.25) is 0 Å². The molecule has 0 amide bonds. The van der Waals surface area contributed by atoms with Crippen molar-refractivity contribution in [2.24, 2.45) is 0 Å². The van der Waals surface area contributed by atoms with E-state index in [1.165, 1.54) is 31.1 Å². The fraction of sp³-hybridized carbons (Fsp3) is 0.348. The largest absolute Gasteiger partial charge is 0.488 e. The Labute approximate surface area is 174 Å². The lowest BCUT2D eigenvalue weighted by Crippen LogP contribution is -2.24. The van der Waals surface area contributed by atoms with E-state index in [9.17, 15) is 4.79 Å². The molecule has 142 valence electrons. The number of halogens is 1. The van der Waals surface area contributed by atoms with E-state index in [0.717, 1.165) is 26.9 Å². The van der Waals surface area contributed by atoms with E-state index in [-0.39, 0.29) is 11.4 Å². The minimum absolute atomic E-state index is 0.212. The maximum Gasteiger partial charge on any atom is 0.337 e. The Hall–Kier alpha value is -1.82. The van der Waals surface area contributed by atoms with Gasteiger partial charge in [0.15, 0.2) is 0 Å². The second-order valence-corrected chi connectivity index (χ2v) is 8.80. The van der Waals surface area contributed by atoms with Crippen molar-refractivity contribution in [2.75, 3.05) is 13.7 Å². The summed E-state index contributed by atoms with van der Waals surface area (Å²) in [5.41, 5.74) is 5.70. The van der Waals surface area contributed by atoms with Crippen LogP contribution in [-0.4, -0.2) is 19.7 Å². The Kier molecular flexibility index (Phi) is 5.94. The van der Waals surface area contributed by atoms with Crippen LogP contribution in [0.3, 0.4) is 0 Å². The molecular formula is C23H25IO3. The molecule has 2 aromatic carbocycles. The predicted molar refractivity (Wildman–Crippen MR) is 117 cm³/mol. The second-order valence-electron chi connectivity index (χ2n) is 7.64. The summed E-state index contributed by atoms with van der Waals surface area (Å²) in [6, 6.07) is 12.0. The first-order valence-electron chi connectivity index (χ1n) is 9.14. The molecule has 0 atom stereocenters. The van der Waals surface area contributed by atoms with Crippen LogP contribution in [0.25, 0.3) is 5.57 Å². The van der Waals surface area contributed by atoms with E-state index in [0.29, 0.717) is 12.2 Å². The summed E-state index contributed by atoms with van der Waals surface area (Å²) in [7, 11) is 1.38. The van der Waals surface area contributed by atoms with E-state index in [2.05, 4.69) is 61.2 Å². The van der Waals surface area contributed by atoms with Crippen molar-refractivity contribution in [3.63, 3.8) is 0 Å². The van der Waals surface area contributed by atoms with Gasteiger partial charge in [-0.1, -0.05) is 38.6 Å². The van der Waals surface area contributed by atoms with Crippen LogP contribution < -0.4 is 4.74 Å². The molecule has 27 heavy (non-hydrogen) atoms. The molecule has 2 aromatic rings. The van der Waals surface area contributed by atoms with Gasteiger partial charge in [-0.2, -0.15) is 0 Å². The zero-order chi connectivity index (χ0) is 19.6. The zero-order valence-electron chi connectivity index (χ0n) is 16.1. The number of ether oxygens (including phenoxy) is 2. The van der Waals surface area contributed by atoms with Gasteiger partial charge in [-0.15, -0.1) is 0 Å². The highest BCUT2D eigenvalue weighted by Gasteiger charge is 2.27. The molecule has 0 saturated heterocycles. The van der Waals surface area contributed by atoms with Crippen molar-refractivity contribution >= 4 is 34.1 Å². The van der Waals surface area contributed by atoms with Crippen molar-refractivity contribution in [1.82, 2.24) is 0 Å². The summed E-state index contributed by atoms with van der Waals surface area (Å²) in [6.07, 6.45) is 3.63. The van der Waals surface area contributed by atoms with Crippen molar-refractivity contribution in [1.29, 1.82) is 0 Å². The molecule has 4 heteroatoms. The highest BCUT2D eigenvalue weighted by molar-refractivity contribution is 14.1. The number of fused-ring (bicyclic) bond motifs is 1. The van der Waals surface area contributed by atoms with Crippen LogP contribution in [-0.2, 0) is 16.6 Å². The summed E-state index contributed by atoms with van der Waals surface area (Å²) >= 11 is 2.17. The molecule has 1 aliphatic carbocycles. The molecule has 0 radical (unpaired) electrons. The van der Waals surface area contributed by atoms with Gasteiger partial charge in [-0.25, -0.2) is 4.79 Å². The van der Waals surface area contributed by atoms with Crippen molar-refractivity contribution in [3.8, 4) is 5.75 Å². The zero-order valence-corrected chi connectivity index (χ0v) is 18.3. The average molecular weight is 476 g/mol. The summed E-state index contributed by atoms with van der Waals surface area (Å²) in [4.78, 5) is 11.6. The highest BCUT2D eigenvalue weighted by atomic mass is 127. The van der Waals surface area contributed by atoms with Crippen LogP contribution >= 0.6 is 22.6 Å². The van der Waals surface area contributed by atoms with Gasteiger partial charge in [0, 0.05) is 0 Å². The van der Waals surface area contributed by atoms with Crippen LogP contribution in [0.15, 0.2) is 43.0 Å². The molecular weight excluding hydrogens is 451 g/mol. The van der Waals surface area contributed by atoms with Gasteiger partial charge < -0.3 is 9.47 Å². The Morgan fingerprint density at radius 3 is 2.63 bits per heavy atom. The Bertz CT molecular complexity index is 883. The monoisotopic (exact) mass is 476 g/mol.